The molecule has 21 heavy (non-hydrogen) atoms. The van der Waals surface area contributed by atoms with E-state index < -0.39 is 29.0 Å². The highest BCUT2D eigenvalue weighted by molar-refractivity contribution is 14.0. The Morgan fingerprint density at radius 3 is 2.48 bits per heavy atom. The highest BCUT2D eigenvalue weighted by Crippen LogP contribution is 2.19. The minimum absolute atomic E-state index is 0. The largest absolute Gasteiger partial charge is 0.370 e. The van der Waals surface area contributed by atoms with Crippen molar-refractivity contribution in [3.8, 4) is 0 Å². The van der Waals surface area contributed by atoms with Crippen LogP contribution in [0.15, 0.2) is 17.1 Å². The summed E-state index contributed by atoms with van der Waals surface area (Å²) in [5.41, 5.74) is 5.01. The van der Waals surface area contributed by atoms with Crippen LogP contribution in [0.25, 0.3) is 0 Å². The fourth-order valence-corrected chi connectivity index (χ4v) is 1.31. The van der Waals surface area contributed by atoms with Crippen LogP contribution in [0.1, 0.15) is 13.8 Å². The number of carbonyl (C=O) groups excluding carboxylic acids is 1. The van der Waals surface area contributed by atoms with Gasteiger partial charge in [0, 0.05) is 6.04 Å². The van der Waals surface area contributed by atoms with Gasteiger partial charge in [0.1, 0.15) is 6.54 Å². The molecule has 0 heterocycles. The van der Waals surface area contributed by atoms with Crippen LogP contribution < -0.4 is 16.4 Å². The zero-order valence-corrected chi connectivity index (χ0v) is 13.7. The van der Waals surface area contributed by atoms with Gasteiger partial charge in [-0.2, -0.15) is 0 Å². The van der Waals surface area contributed by atoms with Gasteiger partial charge in [0.25, 0.3) is 0 Å². The Morgan fingerprint density at radius 1 is 1.29 bits per heavy atom. The summed E-state index contributed by atoms with van der Waals surface area (Å²) in [5, 5.41) is 4.83. The average molecular weight is 416 g/mol. The number of anilines is 1. The van der Waals surface area contributed by atoms with Gasteiger partial charge < -0.3 is 16.4 Å². The van der Waals surface area contributed by atoms with Gasteiger partial charge >= 0.3 is 0 Å². The lowest BCUT2D eigenvalue weighted by atomic mass is 10.3. The van der Waals surface area contributed by atoms with Crippen LogP contribution in [0.5, 0.6) is 0 Å². The van der Waals surface area contributed by atoms with Gasteiger partial charge in [-0.15, -0.1) is 24.0 Å². The average Bonchev–Trinajstić information content (AvgIpc) is 2.36. The van der Waals surface area contributed by atoms with E-state index in [0.29, 0.717) is 6.07 Å². The quantitative estimate of drug-likeness (QED) is 0.304. The summed E-state index contributed by atoms with van der Waals surface area (Å²) in [6, 6.07) is 1.68. The number of rotatable bonds is 4. The third-order valence-electron chi connectivity index (χ3n) is 2.14. The van der Waals surface area contributed by atoms with E-state index in [1.54, 1.807) is 0 Å². The molecule has 0 radical (unpaired) electrons. The molecule has 1 rings (SSSR count). The molecule has 0 aliphatic rings. The minimum Gasteiger partial charge on any atom is -0.370 e. The number of aliphatic imine (C=N–C) groups is 1. The molecule has 4 N–H and O–H groups in total. The maximum absolute atomic E-state index is 13.3. The number of benzene rings is 1. The molecular weight excluding hydrogens is 400 g/mol. The van der Waals surface area contributed by atoms with Crippen molar-refractivity contribution < 1.29 is 18.0 Å². The first-order valence-electron chi connectivity index (χ1n) is 5.81. The number of hydrogen-bond acceptors (Lipinski definition) is 2. The van der Waals surface area contributed by atoms with Crippen molar-refractivity contribution in [3.63, 3.8) is 0 Å². The van der Waals surface area contributed by atoms with E-state index in [0.717, 1.165) is 6.07 Å². The Labute approximate surface area is 137 Å². The fourth-order valence-electron chi connectivity index (χ4n) is 1.31. The van der Waals surface area contributed by atoms with Crippen LogP contribution in [0.2, 0.25) is 0 Å². The molecule has 5 nitrogen and oxygen atoms in total. The van der Waals surface area contributed by atoms with Crippen LogP contribution in [0, 0.1) is 17.5 Å². The van der Waals surface area contributed by atoms with Crippen LogP contribution in [0.3, 0.4) is 0 Å². The van der Waals surface area contributed by atoms with E-state index in [1.165, 1.54) is 0 Å². The van der Waals surface area contributed by atoms with E-state index in [9.17, 15) is 18.0 Å². The monoisotopic (exact) mass is 416 g/mol. The molecule has 0 aliphatic heterocycles. The van der Waals surface area contributed by atoms with Crippen molar-refractivity contribution in [2.75, 3.05) is 11.9 Å². The molecule has 1 aromatic carbocycles. The molecule has 0 aromatic heterocycles. The standard InChI is InChI=1S/C12H15F3N4O.HI/c1-6(2)18-12(16)17-5-9(20)19-8-4-3-7(13)10(14)11(8)15;/h3-4,6H,5H2,1-2H3,(H,19,20)(H3,16,17,18);1H. The van der Waals surface area contributed by atoms with Crippen molar-refractivity contribution in [1.82, 2.24) is 5.32 Å². The Hall–Kier alpha value is -1.52. The van der Waals surface area contributed by atoms with E-state index in [1.807, 2.05) is 13.8 Å². The number of halogens is 4. The number of nitrogens with zero attached hydrogens (tertiary/aromatic N) is 1. The molecule has 1 aromatic rings. The third-order valence-corrected chi connectivity index (χ3v) is 2.14. The Bertz CT molecular complexity index is 537. The number of carbonyl (C=O) groups is 1. The second-order valence-corrected chi connectivity index (χ2v) is 4.27. The van der Waals surface area contributed by atoms with Gasteiger partial charge in [-0.05, 0) is 26.0 Å². The molecule has 1 amide bonds. The molecule has 0 saturated carbocycles. The second kappa shape index (κ2) is 8.70. The summed E-state index contributed by atoms with van der Waals surface area (Å²) in [6.07, 6.45) is 0. The minimum atomic E-state index is -1.65. The maximum atomic E-state index is 13.3. The highest BCUT2D eigenvalue weighted by atomic mass is 127. The predicted octanol–water partition coefficient (Wildman–Crippen LogP) is 1.97. The number of guanidine groups is 1. The number of nitrogens with one attached hydrogen (secondary N) is 2. The SMILES string of the molecule is CC(C)NC(N)=NCC(=O)Nc1ccc(F)c(F)c1F.I. The lowest BCUT2D eigenvalue weighted by Gasteiger charge is -2.09. The first kappa shape index (κ1) is 19.5. The molecule has 118 valence electrons. The van der Waals surface area contributed by atoms with E-state index in [-0.39, 0.29) is 42.5 Å². The fraction of sp³-hybridized carbons (Fsp3) is 0.333. The third kappa shape index (κ3) is 6.19. The molecule has 0 fully saturated rings. The molecule has 0 unspecified atom stereocenters. The van der Waals surface area contributed by atoms with Crippen molar-refractivity contribution in [1.29, 1.82) is 0 Å². The summed E-state index contributed by atoms with van der Waals surface area (Å²) in [7, 11) is 0. The summed E-state index contributed by atoms with van der Waals surface area (Å²) < 4.78 is 38.9. The lowest BCUT2D eigenvalue weighted by molar-refractivity contribution is -0.114. The first-order valence-corrected chi connectivity index (χ1v) is 5.81. The number of amides is 1. The summed E-state index contributed by atoms with van der Waals surface area (Å²) in [5.74, 6) is -5.09. The van der Waals surface area contributed by atoms with Gasteiger partial charge in [0.05, 0.1) is 5.69 Å². The molecule has 0 aliphatic carbocycles. The summed E-state index contributed by atoms with van der Waals surface area (Å²) in [6.45, 7) is 3.29. The Balaban J connectivity index is 0.00000400. The predicted molar refractivity (Wildman–Crippen MR) is 85.1 cm³/mol. The van der Waals surface area contributed by atoms with E-state index in [2.05, 4.69) is 15.6 Å². The van der Waals surface area contributed by atoms with Crippen LogP contribution >= 0.6 is 24.0 Å². The first-order chi connectivity index (χ1) is 9.31. The van der Waals surface area contributed by atoms with Gasteiger partial charge in [0.15, 0.2) is 23.4 Å². The summed E-state index contributed by atoms with van der Waals surface area (Å²) in [4.78, 5) is 15.2. The summed E-state index contributed by atoms with van der Waals surface area (Å²) >= 11 is 0. The number of nitrogens with two attached hydrogens (primary N) is 1. The molecule has 9 heteroatoms. The normalized spacial score (nSPS) is 11.0. The van der Waals surface area contributed by atoms with Crippen LogP contribution in [0.4, 0.5) is 18.9 Å². The zero-order valence-electron chi connectivity index (χ0n) is 11.4. The van der Waals surface area contributed by atoms with E-state index in [4.69, 9.17) is 5.73 Å². The Morgan fingerprint density at radius 2 is 1.90 bits per heavy atom. The van der Waals surface area contributed by atoms with Crippen LogP contribution in [-0.4, -0.2) is 24.5 Å². The van der Waals surface area contributed by atoms with Crippen molar-refractivity contribution >= 4 is 41.5 Å². The van der Waals surface area contributed by atoms with Crippen molar-refractivity contribution in [2.45, 2.75) is 19.9 Å². The van der Waals surface area contributed by atoms with Gasteiger partial charge in [0.2, 0.25) is 5.91 Å². The van der Waals surface area contributed by atoms with Crippen molar-refractivity contribution in [3.05, 3.63) is 29.6 Å². The lowest BCUT2D eigenvalue weighted by Crippen LogP contribution is -2.37. The van der Waals surface area contributed by atoms with Crippen LogP contribution in [-0.2, 0) is 4.79 Å². The molecule has 0 saturated heterocycles. The topological polar surface area (TPSA) is 79.5 Å². The molecule has 0 bridgehead atoms. The van der Waals surface area contributed by atoms with Crippen molar-refractivity contribution in [2.24, 2.45) is 10.7 Å². The number of hydrogen-bond donors (Lipinski definition) is 3. The molecular formula is C12H16F3IN4O. The molecule has 0 spiro atoms. The van der Waals surface area contributed by atoms with Gasteiger partial charge in [-0.3, -0.25) is 4.79 Å². The Kier molecular flexibility index (Phi) is 8.07. The maximum Gasteiger partial charge on any atom is 0.246 e. The van der Waals surface area contributed by atoms with Gasteiger partial charge in [-0.25, -0.2) is 18.2 Å². The highest BCUT2D eigenvalue weighted by Gasteiger charge is 2.14. The smallest absolute Gasteiger partial charge is 0.246 e. The zero-order chi connectivity index (χ0) is 15.3. The second-order valence-electron chi connectivity index (χ2n) is 4.27. The van der Waals surface area contributed by atoms with E-state index >= 15 is 0 Å². The molecule has 0 atom stereocenters. The van der Waals surface area contributed by atoms with Gasteiger partial charge in [-0.1, -0.05) is 0 Å².